The highest BCUT2D eigenvalue weighted by atomic mass is 16.5. The number of aromatic hydroxyl groups is 3. The quantitative estimate of drug-likeness (QED) is 0.413. The molecule has 3 N–H and O–H groups in total. The van der Waals surface area contributed by atoms with Gasteiger partial charge in [0, 0.05) is 17.7 Å². The summed E-state index contributed by atoms with van der Waals surface area (Å²) in [5.74, 6) is -0.508. The largest absolute Gasteiger partial charge is 0.507 e. The molecule has 0 unspecified atom stereocenters. The lowest BCUT2D eigenvalue weighted by atomic mass is 10.0. The molecule has 0 saturated carbocycles. The number of carbonyl (C=O) groups is 1. The SMILES string of the molecule is COc1cc(O)c(-c2oc3cc(CC=C(C)C)c(OC)c(O)c3c2C=O)c(O)c1. The van der Waals surface area contributed by atoms with Gasteiger partial charge in [0.05, 0.1) is 25.2 Å². The van der Waals surface area contributed by atoms with Crippen molar-refractivity contribution in [2.45, 2.75) is 20.3 Å². The van der Waals surface area contributed by atoms with E-state index in [0.717, 1.165) is 5.57 Å². The van der Waals surface area contributed by atoms with Gasteiger partial charge in [-0.05, 0) is 26.3 Å². The van der Waals surface area contributed by atoms with Crippen LogP contribution in [0.1, 0.15) is 29.8 Å². The number of rotatable bonds is 6. The summed E-state index contributed by atoms with van der Waals surface area (Å²) in [6.45, 7) is 3.91. The molecule has 0 aliphatic carbocycles. The highest BCUT2D eigenvalue weighted by molar-refractivity contribution is 6.07. The van der Waals surface area contributed by atoms with Crippen LogP contribution in [0.5, 0.6) is 28.7 Å². The first-order valence-electron chi connectivity index (χ1n) is 8.86. The molecule has 0 fully saturated rings. The number of furan rings is 1. The molecule has 3 rings (SSSR count). The number of phenolic OH excluding ortho intramolecular Hbond substituents is 3. The van der Waals surface area contributed by atoms with E-state index in [9.17, 15) is 20.1 Å². The maximum absolute atomic E-state index is 11.9. The molecule has 152 valence electrons. The highest BCUT2D eigenvalue weighted by Crippen LogP contribution is 2.48. The summed E-state index contributed by atoms with van der Waals surface area (Å²) in [4.78, 5) is 11.9. The fourth-order valence-electron chi connectivity index (χ4n) is 3.23. The first-order valence-corrected chi connectivity index (χ1v) is 8.86. The van der Waals surface area contributed by atoms with E-state index in [-0.39, 0.29) is 56.6 Å². The molecule has 0 spiro atoms. The number of hydrogen-bond donors (Lipinski definition) is 3. The molecule has 1 heterocycles. The second kappa shape index (κ2) is 7.79. The number of aldehydes is 1. The van der Waals surface area contributed by atoms with Gasteiger partial charge in [-0.25, -0.2) is 0 Å². The van der Waals surface area contributed by atoms with Crippen LogP contribution in [-0.4, -0.2) is 35.8 Å². The number of hydrogen-bond acceptors (Lipinski definition) is 7. The summed E-state index contributed by atoms with van der Waals surface area (Å²) in [6.07, 6.45) is 2.95. The van der Waals surface area contributed by atoms with Crippen molar-refractivity contribution < 1.29 is 34.0 Å². The Morgan fingerprint density at radius 2 is 1.72 bits per heavy atom. The monoisotopic (exact) mass is 398 g/mol. The molecule has 0 radical (unpaired) electrons. The van der Waals surface area contributed by atoms with Crippen molar-refractivity contribution in [3.8, 4) is 40.1 Å². The third-order valence-electron chi connectivity index (χ3n) is 4.61. The van der Waals surface area contributed by atoms with E-state index in [2.05, 4.69) is 0 Å². The lowest BCUT2D eigenvalue weighted by Crippen LogP contribution is -1.93. The summed E-state index contributed by atoms with van der Waals surface area (Å²) in [6, 6.07) is 4.25. The fourth-order valence-corrected chi connectivity index (χ4v) is 3.23. The number of allylic oxidation sites excluding steroid dienone is 2. The zero-order valence-electron chi connectivity index (χ0n) is 16.6. The lowest BCUT2D eigenvalue weighted by molar-refractivity contribution is 0.112. The van der Waals surface area contributed by atoms with Gasteiger partial charge < -0.3 is 29.2 Å². The average molecular weight is 398 g/mol. The lowest BCUT2D eigenvalue weighted by Gasteiger charge is -2.10. The molecular weight excluding hydrogens is 376 g/mol. The average Bonchev–Trinajstić information content (AvgIpc) is 3.03. The Kier molecular flexibility index (Phi) is 5.41. The fraction of sp³-hybridized carbons (Fsp3) is 0.227. The van der Waals surface area contributed by atoms with Gasteiger partial charge in [0.1, 0.15) is 28.4 Å². The molecule has 29 heavy (non-hydrogen) atoms. The van der Waals surface area contributed by atoms with Crippen LogP contribution in [0.25, 0.3) is 22.3 Å². The van der Waals surface area contributed by atoms with Gasteiger partial charge in [0.2, 0.25) is 0 Å². The Labute approximate surface area is 167 Å². The Morgan fingerprint density at radius 3 is 2.24 bits per heavy atom. The minimum absolute atomic E-state index is 0.0136. The molecular formula is C22H22O7. The van der Waals surface area contributed by atoms with Gasteiger partial charge in [0.15, 0.2) is 23.5 Å². The third-order valence-corrected chi connectivity index (χ3v) is 4.61. The molecule has 0 amide bonds. The van der Waals surface area contributed by atoms with E-state index >= 15 is 0 Å². The number of carbonyl (C=O) groups excluding carboxylic acids is 1. The molecule has 7 nitrogen and oxygen atoms in total. The molecule has 2 aromatic carbocycles. The predicted molar refractivity (Wildman–Crippen MR) is 108 cm³/mol. The van der Waals surface area contributed by atoms with Crippen molar-refractivity contribution in [1.82, 2.24) is 0 Å². The van der Waals surface area contributed by atoms with Crippen LogP contribution in [0.3, 0.4) is 0 Å². The second-order valence-electron chi connectivity index (χ2n) is 6.78. The summed E-state index contributed by atoms with van der Waals surface area (Å²) in [7, 11) is 2.82. The van der Waals surface area contributed by atoms with E-state index in [4.69, 9.17) is 13.9 Å². The Balaban J connectivity index is 2.33. The van der Waals surface area contributed by atoms with Gasteiger partial charge >= 0.3 is 0 Å². The zero-order chi connectivity index (χ0) is 21.3. The van der Waals surface area contributed by atoms with Gasteiger partial charge in [-0.2, -0.15) is 0 Å². The minimum atomic E-state index is -0.333. The van der Waals surface area contributed by atoms with Crippen molar-refractivity contribution in [3.63, 3.8) is 0 Å². The maximum Gasteiger partial charge on any atom is 0.170 e. The zero-order valence-corrected chi connectivity index (χ0v) is 16.6. The van der Waals surface area contributed by atoms with E-state index in [1.54, 1.807) is 6.07 Å². The van der Waals surface area contributed by atoms with Gasteiger partial charge in [-0.3, -0.25) is 4.79 Å². The van der Waals surface area contributed by atoms with E-state index in [1.165, 1.54) is 26.4 Å². The van der Waals surface area contributed by atoms with Crippen LogP contribution in [0.15, 0.2) is 34.3 Å². The Bertz CT molecular complexity index is 1100. The van der Waals surface area contributed by atoms with Crippen molar-refractivity contribution in [3.05, 3.63) is 41.0 Å². The van der Waals surface area contributed by atoms with E-state index in [0.29, 0.717) is 18.3 Å². The van der Waals surface area contributed by atoms with Crippen molar-refractivity contribution in [2.24, 2.45) is 0 Å². The first kappa shape index (κ1) is 20.1. The highest BCUT2D eigenvalue weighted by Gasteiger charge is 2.26. The van der Waals surface area contributed by atoms with Gasteiger partial charge in [-0.1, -0.05) is 11.6 Å². The standard InChI is InChI=1S/C22H22O7/c1-11(2)5-6-12-7-17-18(20(26)21(12)28-4)14(10-23)22(29-17)19-15(24)8-13(27-3)9-16(19)25/h5,7-10,24-26H,6H2,1-4H3. The summed E-state index contributed by atoms with van der Waals surface area (Å²) in [5.41, 5.74) is 1.90. The van der Waals surface area contributed by atoms with Crippen molar-refractivity contribution in [2.75, 3.05) is 14.2 Å². The summed E-state index contributed by atoms with van der Waals surface area (Å²) in [5, 5.41) is 31.6. The number of fused-ring (bicyclic) bond motifs is 1. The van der Waals surface area contributed by atoms with Gasteiger partial charge in [0.25, 0.3) is 0 Å². The molecule has 1 aromatic heterocycles. The predicted octanol–water partition coefficient (Wildman–Crippen LogP) is 4.56. The van der Waals surface area contributed by atoms with Crippen LogP contribution < -0.4 is 9.47 Å². The number of benzene rings is 2. The Hall–Kier alpha value is -3.61. The second-order valence-corrected chi connectivity index (χ2v) is 6.78. The third kappa shape index (κ3) is 3.47. The first-order chi connectivity index (χ1) is 13.8. The number of methoxy groups -OCH3 is 2. The molecule has 0 bridgehead atoms. The van der Waals surface area contributed by atoms with Crippen molar-refractivity contribution in [1.29, 1.82) is 0 Å². The van der Waals surface area contributed by atoms with E-state index in [1.807, 2.05) is 19.9 Å². The number of ether oxygens (including phenoxy) is 2. The topological polar surface area (TPSA) is 109 Å². The van der Waals surface area contributed by atoms with Crippen molar-refractivity contribution >= 4 is 17.3 Å². The minimum Gasteiger partial charge on any atom is -0.507 e. The van der Waals surface area contributed by atoms with Crippen LogP contribution in [0, 0.1) is 0 Å². The Morgan fingerprint density at radius 1 is 1.07 bits per heavy atom. The normalized spacial score (nSPS) is 10.8. The summed E-state index contributed by atoms with van der Waals surface area (Å²) >= 11 is 0. The molecule has 0 atom stereocenters. The molecule has 3 aromatic rings. The molecule has 0 aliphatic heterocycles. The van der Waals surface area contributed by atoms with Crippen LogP contribution >= 0.6 is 0 Å². The maximum atomic E-state index is 11.9. The van der Waals surface area contributed by atoms with E-state index < -0.39 is 0 Å². The smallest absolute Gasteiger partial charge is 0.170 e. The van der Waals surface area contributed by atoms with Crippen LogP contribution in [0.2, 0.25) is 0 Å². The molecule has 0 saturated heterocycles. The molecule has 7 heteroatoms. The summed E-state index contributed by atoms with van der Waals surface area (Å²) < 4.78 is 16.2. The van der Waals surface area contributed by atoms with Gasteiger partial charge in [-0.15, -0.1) is 0 Å². The van der Waals surface area contributed by atoms with Crippen LogP contribution in [0.4, 0.5) is 0 Å². The molecule has 0 aliphatic rings. The van der Waals surface area contributed by atoms with Crippen LogP contribution in [-0.2, 0) is 6.42 Å². The number of phenols is 3.